The molecule has 0 saturated heterocycles. The first kappa shape index (κ1) is 14.9. The molecule has 0 atom stereocenters. The van der Waals surface area contributed by atoms with Crippen LogP contribution in [-0.2, 0) is 4.79 Å². The number of hydrogen-bond donors (Lipinski definition) is 2. The van der Waals surface area contributed by atoms with Gasteiger partial charge in [0.25, 0.3) is 0 Å². The molecule has 0 amide bonds. The summed E-state index contributed by atoms with van der Waals surface area (Å²) in [6.07, 6.45) is 0. The third-order valence-electron chi connectivity index (χ3n) is 2.12. The van der Waals surface area contributed by atoms with Gasteiger partial charge >= 0.3 is 5.97 Å². The van der Waals surface area contributed by atoms with Gasteiger partial charge in [0.15, 0.2) is 5.16 Å². The fraction of sp³-hybridized carbons (Fsp3) is 0.0833. The van der Waals surface area contributed by atoms with Crippen molar-refractivity contribution in [3.63, 3.8) is 0 Å². The van der Waals surface area contributed by atoms with Crippen molar-refractivity contribution in [2.75, 3.05) is 11.1 Å². The predicted octanol–water partition coefficient (Wildman–Crippen LogP) is 3.70. The number of carboxylic acid groups (broad SMARTS) is 1. The Morgan fingerprint density at radius 3 is 2.60 bits per heavy atom. The van der Waals surface area contributed by atoms with E-state index in [4.69, 9.17) is 28.3 Å². The largest absolute Gasteiger partial charge is 0.481 e. The van der Waals surface area contributed by atoms with Gasteiger partial charge in [-0.3, -0.25) is 4.79 Å². The smallest absolute Gasteiger partial charge is 0.313 e. The van der Waals surface area contributed by atoms with E-state index in [1.54, 1.807) is 30.3 Å². The third kappa shape index (κ3) is 4.56. The van der Waals surface area contributed by atoms with E-state index in [0.717, 1.165) is 17.4 Å². The number of nitrogens with one attached hydrogen (secondary N) is 1. The van der Waals surface area contributed by atoms with Gasteiger partial charge in [-0.25, -0.2) is 9.97 Å². The summed E-state index contributed by atoms with van der Waals surface area (Å²) in [5.74, 6) is -0.577. The molecule has 104 valence electrons. The molecular weight excluding hydrogens is 321 g/mol. The Kier molecular flexibility index (Phi) is 5.05. The summed E-state index contributed by atoms with van der Waals surface area (Å²) >= 11 is 12.7. The molecule has 0 radical (unpaired) electrons. The van der Waals surface area contributed by atoms with Crippen LogP contribution in [-0.4, -0.2) is 26.8 Å². The molecule has 0 bridgehead atoms. The maximum Gasteiger partial charge on any atom is 0.313 e. The molecule has 0 aliphatic carbocycles. The lowest BCUT2D eigenvalue weighted by Gasteiger charge is -2.07. The van der Waals surface area contributed by atoms with E-state index in [0.29, 0.717) is 16.0 Å². The van der Waals surface area contributed by atoms with Gasteiger partial charge in [-0.15, -0.1) is 0 Å². The molecule has 2 aromatic rings. The SMILES string of the molecule is O=C(O)CSc1nc(Cl)cc(Nc2ccc(Cl)cc2)n1. The highest BCUT2D eigenvalue weighted by molar-refractivity contribution is 7.99. The minimum absolute atomic E-state index is 0.124. The van der Waals surface area contributed by atoms with Gasteiger partial charge in [-0.1, -0.05) is 35.0 Å². The zero-order valence-corrected chi connectivity index (χ0v) is 12.3. The zero-order valence-electron chi connectivity index (χ0n) is 10.0. The summed E-state index contributed by atoms with van der Waals surface area (Å²) in [5, 5.41) is 12.9. The van der Waals surface area contributed by atoms with Gasteiger partial charge in [-0.2, -0.15) is 0 Å². The van der Waals surface area contributed by atoms with Crippen LogP contribution in [0.15, 0.2) is 35.5 Å². The number of benzene rings is 1. The minimum atomic E-state index is -0.939. The van der Waals surface area contributed by atoms with Crippen LogP contribution >= 0.6 is 35.0 Å². The lowest BCUT2D eigenvalue weighted by atomic mass is 10.3. The number of hydrogen-bond acceptors (Lipinski definition) is 5. The van der Waals surface area contributed by atoms with Crippen LogP contribution in [0.25, 0.3) is 0 Å². The molecule has 0 spiro atoms. The quantitative estimate of drug-likeness (QED) is 0.495. The number of carboxylic acids is 1. The number of anilines is 2. The summed E-state index contributed by atoms with van der Waals surface area (Å²) in [5.41, 5.74) is 0.790. The van der Waals surface area contributed by atoms with Gasteiger partial charge in [0.2, 0.25) is 0 Å². The van der Waals surface area contributed by atoms with Crippen molar-refractivity contribution < 1.29 is 9.90 Å². The van der Waals surface area contributed by atoms with E-state index < -0.39 is 5.97 Å². The Morgan fingerprint density at radius 2 is 1.95 bits per heavy atom. The molecule has 8 heteroatoms. The number of rotatable bonds is 5. The van der Waals surface area contributed by atoms with Gasteiger partial charge in [0, 0.05) is 16.8 Å². The summed E-state index contributed by atoms with van der Waals surface area (Å²) in [4.78, 5) is 18.7. The number of aromatic nitrogens is 2. The number of carbonyl (C=O) groups is 1. The molecule has 1 aromatic heterocycles. The number of nitrogens with zero attached hydrogens (tertiary/aromatic N) is 2. The number of halogens is 2. The van der Waals surface area contributed by atoms with Crippen molar-refractivity contribution in [2.45, 2.75) is 5.16 Å². The first-order chi connectivity index (χ1) is 9.52. The average Bonchev–Trinajstić information content (AvgIpc) is 2.38. The lowest BCUT2D eigenvalue weighted by molar-refractivity contribution is -0.133. The first-order valence-electron chi connectivity index (χ1n) is 5.45. The predicted molar refractivity (Wildman–Crippen MR) is 80.1 cm³/mol. The maximum atomic E-state index is 10.5. The highest BCUT2D eigenvalue weighted by Gasteiger charge is 2.07. The first-order valence-corrected chi connectivity index (χ1v) is 7.19. The standard InChI is InChI=1S/C12H9Cl2N3O2S/c13-7-1-3-8(4-2-7)15-10-5-9(14)16-12(17-10)20-6-11(18)19/h1-5H,6H2,(H,18,19)(H,15,16,17). The lowest BCUT2D eigenvalue weighted by Crippen LogP contribution is -2.01. The highest BCUT2D eigenvalue weighted by atomic mass is 35.5. The third-order valence-corrected chi connectivity index (χ3v) is 3.39. The average molecular weight is 330 g/mol. The molecular formula is C12H9Cl2N3O2S. The molecule has 2 N–H and O–H groups in total. The normalized spacial score (nSPS) is 10.3. The van der Waals surface area contributed by atoms with Crippen LogP contribution in [0.2, 0.25) is 10.2 Å². The Balaban J connectivity index is 2.14. The van der Waals surface area contributed by atoms with E-state index in [2.05, 4.69) is 15.3 Å². The van der Waals surface area contributed by atoms with Crippen LogP contribution in [0.3, 0.4) is 0 Å². The minimum Gasteiger partial charge on any atom is -0.481 e. The van der Waals surface area contributed by atoms with E-state index in [1.807, 2.05) is 0 Å². The summed E-state index contributed by atoms with van der Waals surface area (Å²) in [7, 11) is 0. The second-order valence-corrected chi connectivity index (χ2v) is 5.44. The molecule has 0 saturated carbocycles. The van der Waals surface area contributed by atoms with Gasteiger partial charge < -0.3 is 10.4 Å². The Morgan fingerprint density at radius 1 is 1.25 bits per heavy atom. The summed E-state index contributed by atoms with van der Waals surface area (Å²) < 4.78 is 0. The topological polar surface area (TPSA) is 75.1 Å². The molecule has 20 heavy (non-hydrogen) atoms. The van der Waals surface area contributed by atoms with E-state index in [-0.39, 0.29) is 10.9 Å². The van der Waals surface area contributed by atoms with E-state index in [9.17, 15) is 4.79 Å². The van der Waals surface area contributed by atoms with Crippen molar-refractivity contribution in [1.29, 1.82) is 0 Å². The Hall–Kier alpha value is -1.50. The molecule has 0 aliphatic rings. The van der Waals surface area contributed by atoms with Crippen LogP contribution in [0.5, 0.6) is 0 Å². The fourth-order valence-corrected chi connectivity index (χ4v) is 2.27. The molecule has 0 aliphatic heterocycles. The summed E-state index contributed by atoms with van der Waals surface area (Å²) in [6, 6.07) is 8.63. The van der Waals surface area contributed by atoms with Crippen LogP contribution in [0, 0.1) is 0 Å². The van der Waals surface area contributed by atoms with Crippen molar-refractivity contribution in [3.05, 3.63) is 40.5 Å². The van der Waals surface area contributed by atoms with Crippen LogP contribution in [0.1, 0.15) is 0 Å². The second kappa shape index (κ2) is 6.78. The van der Waals surface area contributed by atoms with Crippen molar-refractivity contribution in [2.24, 2.45) is 0 Å². The van der Waals surface area contributed by atoms with Crippen LogP contribution in [0.4, 0.5) is 11.5 Å². The van der Waals surface area contributed by atoms with Gasteiger partial charge in [0.1, 0.15) is 11.0 Å². The molecule has 2 rings (SSSR count). The zero-order chi connectivity index (χ0) is 14.5. The molecule has 1 aromatic carbocycles. The molecule has 0 fully saturated rings. The van der Waals surface area contributed by atoms with Crippen LogP contribution < -0.4 is 5.32 Å². The molecule has 0 unspecified atom stereocenters. The van der Waals surface area contributed by atoms with E-state index >= 15 is 0 Å². The Labute approximate surface area is 129 Å². The number of aliphatic carboxylic acids is 1. The fourth-order valence-electron chi connectivity index (χ4n) is 1.33. The maximum absolute atomic E-state index is 10.5. The molecule has 5 nitrogen and oxygen atoms in total. The Bertz CT molecular complexity index is 623. The van der Waals surface area contributed by atoms with Crippen molar-refractivity contribution in [1.82, 2.24) is 9.97 Å². The monoisotopic (exact) mass is 329 g/mol. The molecule has 1 heterocycles. The summed E-state index contributed by atoms with van der Waals surface area (Å²) in [6.45, 7) is 0. The van der Waals surface area contributed by atoms with Gasteiger partial charge in [0.05, 0.1) is 5.75 Å². The van der Waals surface area contributed by atoms with Gasteiger partial charge in [-0.05, 0) is 24.3 Å². The highest BCUT2D eigenvalue weighted by Crippen LogP contribution is 2.22. The van der Waals surface area contributed by atoms with E-state index in [1.165, 1.54) is 0 Å². The van der Waals surface area contributed by atoms with Crippen molar-refractivity contribution in [3.8, 4) is 0 Å². The number of thioether (sulfide) groups is 1. The second-order valence-electron chi connectivity index (χ2n) is 3.67. The van der Waals surface area contributed by atoms with Crippen molar-refractivity contribution >= 4 is 52.4 Å².